The number of fused-ring (bicyclic) bond motifs is 1. The van der Waals surface area contributed by atoms with Crippen LogP contribution in [0.4, 0.5) is 0 Å². The molecule has 0 aromatic carbocycles. The molecule has 1 unspecified atom stereocenters. The molecule has 1 fully saturated rings. The van der Waals surface area contributed by atoms with Gasteiger partial charge in [-0.3, -0.25) is 14.6 Å². The molecule has 3 N–H and O–H groups in total. The number of aromatic carboxylic acids is 1. The molecule has 1 saturated heterocycles. The maximum atomic E-state index is 12.8. The first-order chi connectivity index (χ1) is 13.1. The number of aromatic amines is 1. The smallest absolute Gasteiger partial charge is 0.356 e. The summed E-state index contributed by atoms with van der Waals surface area (Å²) >= 11 is 0. The van der Waals surface area contributed by atoms with Gasteiger partial charge >= 0.3 is 5.97 Å². The zero-order chi connectivity index (χ0) is 18.8. The first-order valence-electron chi connectivity index (χ1n) is 9.34. The Kier molecular flexibility index (Phi) is 4.88. The molecule has 10 heteroatoms. The van der Waals surface area contributed by atoms with Crippen molar-refractivity contribution in [1.29, 1.82) is 0 Å². The summed E-state index contributed by atoms with van der Waals surface area (Å²) in [6.45, 7) is 2.49. The normalized spacial score (nSPS) is 19.7. The third-order valence-electron chi connectivity index (χ3n) is 5.30. The van der Waals surface area contributed by atoms with Gasteiger partial charge in [0.2, 0.25) is 0 Å². The van der Waals surface area contributed by atoms with Crippen molar-refractivity contribution < 1.29 is 14.7 Å². The second-order valence-corrected chi connectivity index (χ2v) is 7.11. The van der Waals surface area contributed by atoms with Crippen LogP contribution in [-0.2, 0) is 19.5 Å². The van der Waals surface area contributed by atoms with E-state index in [-0.39, 0.29) is 23.8 Å². The lowest BCUT2D eigenvalue weighted by Crippen LogP contribution is -2.36. The van der Waals surface area contributed by atoms with Gasteiger partial charge in [-0.25, -0.2) is 4.79 Å². The Morgan fingerprint density at radius 3 is 3.00 bits per heavy atom. The van der Waals surface area contributed by atoms with E-state index in [0.29, 0.717) is 31.1 Å². The number of amides is 1. The van der Waals surface area contributed by atoms with Gasteiger partial charge in [0.1, 0.15) is 0 Å². The molecule has 27 heavy (non-hydrogen) atoms. The van der Waals surface area contributed by atoms with Crippen molar-refractivity contribution >= 4 is 11.9 Å². The quantitative estimate of drug-likeness (QED) is 0.693. The summed E-state index contributed by atoms with van der Waals surface area (Å²) in [5.41, 5.74) is 1.61. The average molecular weight is 373 g/mol. The number of aromatic nitrogens is 5. The highest BCUT2D eigenvalue weighted by Crippen LogP contribution is 2.21. The Morgan fingerprint density at radius 1 is 1.33 bits per heavy atom. The largest absolute Gasteiger partial charge is 0.476 e. The minimum Gasteiger partial charge on any atom is -0.476 e. The molecular formula is C17H23N7O3. The Bertz CT molecular complexity index is 837. The van der Waals surface area contributed by atoms with Gasteiger partial charge in [0.25, 0.3) is 5.91 Å². The number of hydrogen-bond acceptors (Lipinski definition) is 6. The van der Waals surface area contributed by atoms with Crippen molar-refractivity contribution in [2.75, 3.05) is 13.1 Å². The molecule has 0 bridgehead atoms. The highest BCUT2D eigenvalue weighted by atomic mass is 16.4. The van der Waals surface area contributed by atoms with Crippen molar-refractivity contribution in [2.24, 2.45) is 0 Å². The number of aryl methyl sites for hydroxylation is 1. The van der Waals surface area contributed by atoms with Crippen LogP contribution in [0.2, 0.25) is 0 Å². The lowest BCUT2D eigenvalue weighted by Gasteiger charge is -2.26. The van der Waals surface area contributed by atoms with Crippen LogP contribution < -0.4 is 5.32 Å². The summed E-state index contributed by atoms with van der Waals surface area (Å²) in [7, 11) is 0. The number of rotatable bonds is 5. The maximum Gasteiger partial charge on any atom is 0.356 e. The van der Waals surface area contributed by atoms with Crippen LogP contribution in [0, 0.1) is 0 Å². The van der Waals surface area contributed by atoms with Crippen LogP contribution in [0.3, 0.4) is 0 Å². The van der Waals surface area contributed by atoms with Crippen molar-refractivity contribution in [3.05, 3.63) is 28.8 Å². The molecule has 2 aliphatic heterocycles. The molecule has 2 aliphatic rings. The van der Waals surface area contributed by atoms with Crippen LogP contribution in [0.5, 0.6) is 0 Å². The van der Waals surface area contributed by atoms with E-state index in [0.717, 1.165) is 18.7 Å². The number of nitrogens with zero attached hydrogens (tertiary/aromatic N) is 5. The monoisotopic (exact) mass is 373 g/mol. The second-order valence-electron chi connectivity index (χ2n) is 7.11. The second kappa shape index (κ2) is 7.47. The van der Waals surface area contributed by atoms with Gasteiger partial charge in [-0.2, -0.15) is 5.10 Å². The van der Waals surface area contributed by atoms with Gasteiger partial charge in [0.15, 0.2) is 11.4 Å². The number of piperidine rings is 1. The predicted molar refractivity (Wildman–Crippen MR) is 94.3 cm³/mol. The van der Waals surface area contributed by atoms with Crippen molar-refractivity contribution in [1.82, 2.24) is 35.4 Å². The Hall–Kier alpha value is -2.75. The molecule has 2 aromatic rings. The van der Waals surface area contributed by atoms with Crippen LogP contribution in [-0.4, -0.2) is 66.2 Å². The van der Waals surface area contributed by atoms with E-state index in [9.17, 15) is 14.7 Å². The van der Waals surface area contributed by atoms with Gasteiger partial charge < -0.3 is 15.3 Å². The molecule has 4 rings (SSSR count). The molecule has 1 atom stereocenters. The van der Waals surface area contributed by atoms with Crippen LogP contribution in [0.25, 0.3) is 0 Å². The summed E-state index contributed by atoms with van der Waals surface area (Å²) in [6, 6.07) is 0.498. The number of nitrogens with one attached hydrogen (secondary N) is 2. The summed E-state index contributed by atoms with van der Waals surface area (Å²) in [6.07, 6.45) is 6.84. The lowest BCUT2D eigenvalue weighted by atomic mass is 10.0. The lowest BCUT2D eigenvalue weighted by molar-refractivity contribution is 0.0673. The Labute approximate surface area is 155 Å². The molecule has 2 aromatic heterocycles. The molecule has 0 saturated carbocycles. The number of H-pyrrole nitrogens is 1. The number of hydrogen-bond donors (Lipinski definition) is 3. The zero-order valence-corrected chi connectivity index (χ0v) is 15.0. The van der Waals surface area contributed by atoms with E-state index >= 15 is 0 Å². The van der Waals surface area contributed by atoms with Crippen LogP contribution in [0.15, 0.2) is 6.20 Å². The standard InChI is InChI=1S/C17H23N7O3/c25-16(23-7-5-13-12(9-23)15(17(26)27)21-19-13)14-10-24(22-20-14)8-4-11-3-1-2-6-18-11/h10-11,18H,1-9H2,(H,19,21)(H,26,27). The van der Waals surface area contributed by atoms with Gasteiger partial charge in [0, 0.05) is 36.8 Å². The number of carbonyl (C=O) groups is 2. The van der Waals surface area contributed by atoms with E-state index in [1.807, 2.05) is 0 Å². The highest BCUT2D eigenvalue weighted by Gasteiger charge is 2.29. The fraction of sp³-hybridized carbons (Fsp3) is 0.588. The fourth-order valence-electron chi connectivity index (χ4n) is 3.77. The van der Waals surface area contributed by atoms with Crippen LogP contribution >= 0.6 is 0 Å². The minimum atomic E-state index is -1.09. The van der Waals surface area contributed by atoms with Crippen LogP contribution in [0.1, 0.15) is 57.9 Å². The van der Waals surface area contributed by atoms with Gasteiger partial charge in [0.05, 0.1) is 12.7 Å². The molecule has 4 heterocycles. The Balaban J connectivity index is 1.39. The first-order valence-corrected chi connectivity index (χ1v) is 9.34. The molecule has 0 spiro atoms. The van der Waals surface area contributed by atoms with Gasteiger partial charge in [-0.1, -0.05) is 11.6 Å². The summed E-state index contributed by atoms with van der Waals surface area (Å²) < 4.78 is 1.71. The molecule has 144 valence electrons. The van der Waals surface area contributed by atoms with E-state index in [1.165, 1.54) is 19.3 Å². The van der Waals surface area contributed by atoms with Crippen molar-refractivity contribution in [3.63, 3.8) is 0 Å². The third-order valence-corrected chi connectivity index (χ3v) is 5.30. The molecule has 0 radical (unpaired) electrons. The SMILES string of the molecule is O=C(O)c1n[nH]c2c1CN(C(=O)c1cn(CCC3CCCCN3)nn1)CC2. The summed E-state index contributed by atoms with van der Waals surface area (Å²) in [5.74, 6) is -1.33. The number of carboxylic acid groups (broad SMARTS) is 1. The van der Waals surface area contributed by atoms with E-state index in [4.69, 9.17) is 0 Å². The molecule has 1 amide bonds. The summed E-state index contributed by atoms with van der Waals surface area (Å²) in [5, 5.41) is 27.4. The topological polar surface area (TPSA) is 129 Å². The third kappa shape index (κ3) is 3.70. The number of carboxylic acids is 1. The van der Waals surface area contributed by atoms with E-state index < -0.39 is 5.97 Å². The summed E-state index contributed by atoms with van der Waals surface area (Å²) in [4.78, 5) is 25.6. The van der Waals surface area contributed by atoms with Crippen molar-refractivity contribution in [3.8, 4) is 0 Å². The molecular weight excluding hydrogens is 350 g/mol. The molecule has 0 aliphatic carbocycles. The minimum absolute atomic E-state index is 0.0221. The zero-order valence-electron chi connectivity index (χ0n) is 15.0. The first kappa shape index (κ1) is 17.7. The Morgan fingerprint density at radius 2 is 2.22 bits per heavy atom. The maximum absolute atomic E-state index is 12.8. The fourth-order valence-corrected chi connectivity index (χ4v) is 3.77. The number of carbonyl (C=O) groups excluding carboxylic acids is 1. The molecule has 10 nitrogen and oxygen atoms in total. The van der Waals surface area contributed by atoms with E-state index in [1.54, 1.807) is 15.8 Å². The van der Waals surface area contributed by atoms with E-state index in [2.05, 4.69) is 25.8 Å². The predicted octanol–water partition coefficient (Wildman–Crippen LogP) is 0.430. The highest BCUT2D eigenvalue weighted by molar-refractivity contribution is 5.92. The average Bonchev–Trinajstić information content (AvgIpc) is 3.33. The van der Waals surface area contributed by atoms with Crippen molar-refractivity contribution in [2.45, 2.75) is 51.2 Å². The van der Waals surface area contributed by atoms with Gasteiger partial charge in [-0.05, 0) is 25.8 Å². The van der Waals surface area contributed by atoms with Gasteiger partial charge in [-0.15, -0.1) is 5.10 Å².